The Bertz CT molecular complexity index is 740. The summed E-state index contributed by atoms with van der Waals surface area (Å²) in [5.41, 5.74) is 0.543. The molecule has 25 heavy (non-hydrogen) atoms. The van der Waals surface area contributed by atoms with Gasteiger partial charge in [-0.15, -0.1) is 0 Å². The Hall–Kier alpha value is -2.74. The number of hydrogen-bond acceptors (Lipinski definition) is 7. The highest BCUT2D eigenvalue weighted by Crippen LogP contribution is 2.26. The maximum absolute atomic E-state index is 12.8. The Morgan fingerprint density at radius 3 is 2.80 bits per heavy atom. The molecule has 2 saturated heterocycles. The number of anilines is 1. The van der Waals surface area contributed by atoms with E-state index in [0.29, 0.717) is 37.1 Å². The molecule has 0 bridgehead atoms. The molecule has 8 nitrogen and oxygen atoms in total. The average Bonchev–Trinajstić information content (AvgIpc) is 3.12. The fourth-order valence-electron chi connectivity index (χ4n) is 3.35. The Morgan fingerprint density at radius 2 is 2.08 bits per heavy atom. The molecule has 4 heterocycles. The summed E-state index contributed by atoms with van der Waals surface area (Å²) >= 11 is 0. The highest BCUT2D eigenvalue weighted by Gasteiger charge is 2.42. The van der Waals surface area contributed by atoms with Gasteiger partial charge in [-0.1, -0.05) is 0 Å². The van der Waals surface area contributed by atoms with Crippen molar-refractivity contribution in [2.24, 2.45) is 0 Å². The second-order valence-electron chi connectivity index (χ2n) is 6.02. The third-order valence-electron chi connectivity index (χ3n) is 4.59. The van der Waals surface area contributed by atoms with Crippen LogP contribution in [0.3, 0.4) is 0 Å². The molecule has 0 saturated carbocycles. The second-order valence-corrected chi connectivity index (χ2v) is 6.02. The largest absolute Gasteiger partial charge is 0.481 e. The van der Waals surface area contributed by atoms with Gasteiger partial charge in [0.2, 0.25) is 11.8 Å². The van der Waals surface area contributed by atoms with Crippen molar-refractivity contribution in [1.29, 1.82) is 0 Å². The molecule has 0 radical (unpaired) electrons. The van der Waals surface area contributed by atoms with Crippen LogP contribution < -0.4 is 9.64 Å². The molecular formula is C17H19N5O3. The summed E-state index contributed by atoms with van der Waals surface area (Å²) in [5.74, 6) is 1.12. The van der Waals surface area contributed by atoms with E-state index in [1.807, 2.05) is 0 Å². The van der Waals surface area contributed by atoms with Gasteiger partial charge < -0.3 is 19.3 Å². The number of pyridine rings is 1. The zero-order valence-corrected chi connectivity index (χ0v) is 13.9. The lowest BCUT2D eigenvalue weighted by Gasteiger charge is -2.36. The minimum absolute atomic E-state index is 0.0345. The van der Waals surface area contributed by atoms with E-state index in [1.165, 1.54) is 0 Å². The van der Waals surface area contributed by atoms with Crippen LogP contribution in [-0.2, 0) is 4.74 Å². The number of carbonyl (C=O) groups excluding carboxylic acids is 1. The van der Waals surface area contributed by atoms with Gasteiger partial charge in [0.15, 0.2) is 0 Å². The molecule has 0 aliphatic carbocycles. The van der Waals surface area contributed by atoms with E-state index >= 15 is 0 Å². The second kappa shape index (κ2) is 6.64. The molecular weight excluding hydrogens is 322 g/mol. The number of morpholine rings is 1. The van der Waals surface area contributed by atoms with Gasteiger partial charge in [0.25, 0.3) is 5.91 Å². The van der Waals surface area contributed by atoms with Gasteiger partial charge in [-0.05, 0) is 12.1 Å². The predicted octanol–water partition coefficient (Wildman–Crippen LogP) is 0.610. The minimum Gasteiger partial charge on any atom is -0.481 e. The van der Waals surface area contributed by atoms with Gasteiger partial charge in [0, 0.05) is 44.3 Å². The summed E-state index contributed by atoms with van der Waals surface area (Å²) in [4.78, 5) is 29.5. The molecule has 0 aromatic carbocycles. The highest BCUT2D eigenvalue weighted by atomic mass is 16.5. The summed E-state index contributed by atoms with van der Waals surface area (Å²) in [5, 5.41) is 0. The van der Waals surface area contributed by atoms with Gasteiger partial charge in [-0.3, -0.25) is 4.79 Å². The zero-order valence-electron chi connectivity index (χ0n) is 13.9. The van der Waals surface area contributed by atoms with Gasteiger partial charge in [-0.25, -0.2) is 15.0 Å². The number of rotatable bonds is 3. The van der Waals surface area contributed by atoms with Gasteiger partial charge in [0.05, 0.1) is 31.4 Å². The standard InChI is InChI=1S/C17H19N5O3/c1-24-15-4-3-12(9-20-15)16(23)21-10-13-14(11-21)25-8-7-22(13)17-18-5-2-6-19-17/h2-6,9,13-14H,7-8,10-11H2,1H3/t13-,14-/m0/s1. The predicted molar refractivity (Wildman–Crippen MR) is 89.6 cm³/mol. The smallest absolute Gasteiger partial charge is 0.255 e. The number of ether oxygens (including phenoxy) is 2. The zero-order chi connectivity index (χ0) is 17.2. The van der Waals surface area contributed by atoms with Gasteiger partial charge in [-0.2, -0.15) is 0 Å². The Kier molecular flexibility index (Phi) is 4.19. The molecule has 2 fully saturated rings. The van der Waals surface area contributed by atoms with Crippen molar-refractivity contribution in [3.05, 3.63) is 42.4 Å². The number of fused-ring (bicyclic) bond motifs is 1. The van der Waals surface area contributed by atoms with Crippen molar-refractivity contribution in [1.82, 2.24) is 19.9 Å². The molecule has 0 unspecified atom stereocenters. The normalized spacial score (nSPS) is 22.6. The molecule has 2 aromatic rings. The van der Waals surface area contributed by atoms with Crippen LogP contribution in [0.2, 0.25) is 0 Å². The first-order valence-electron chi connectivity index (χ1n) is 8.21. The molecule has 2 aromatic heterocycles. The Labute approximate surface area is 145 Å². The molecule has 0 N–H and O–H groups in total. The van der Waals surface area contributed by atoms with Crippen LogP contribution in [0.4, 0.5) is 5.95 Å². The maximum atomic E-state index is 12.8. The van der Waals surface area contributed by atoms with Crippen molar-refractivity contribution in [2.75, 3.05) is 38.3 Å². The quantitative estimate of drug-likeness (QED) is 0.809. The summed E-state index contributed by atoms with van der Waals surface area (Å²) < 4.78 is 10.9. The van der Waals surface area contributed by atoms with Crippen LogP contribution in [0.25, 0.3) is 0 Å². The number of aromatic nitrogens is 3. The van der Waals surface area contributed by atoms with Crippen molar-refractivity contribution in [3.63, 3.8) is 0 Å². The molecule has 130 valence electrons. The van der Waals surface area contributed by atoms with E-state index in [9.17, 15) is 4.79 Å². The van der Waals surface area contributed by atoms with Gasteiger partial charge in [0.1, 0.15) is 0 Å². The first-order valence-corrected chi connectivity index (χ1v) is 8.21. The number of methoxy groups -OCH3 is 1. The molecule has 4 rings (SSSR count). The van der Waals surface area contributed by atoms with E-state index in [1.54, 1.807) is 48.8 Å². The molecule has 0 spiro atoms. The topological polar surface area (TPSA) is 80.7 Å². The van der Waals surface area contributed by atoms with E-state index < -0.39 is 0 Å². The molecule has 1 amide bonds. The first-order chi connectivity index (χ1) is 12.3. The first kappa shape index (κ1) is 15.8. The number of nitrogens with zero attached hydrogens (tertiary/aromatic N) is 5. The van der Waals surface area contributed by atoms with E-state index in [-0.39, 0.29) is 18.1 Å². The van der Waals surface area contributed by atoms with Crippen molar-refractivity contribution in [2.45, 2.75) is 12.1 Å². The fourth-order valence-corrected chi connectivity index (χ4v) is 3.35. The summed E-state index contributed by atoms with van der Waals surface area (Å²) in [6.45, 7) is 2.45. The van der Waals surface area contributed by atoms with Crippen LogP contribution >= 0.6 is 0 Å². The molecule has 8 heteroatoms. The number of amides is 1. The van der Waals surface area contributed by atoms with Gasteiger partial charge >= 0.3 is 0 Å². The third kappa shape index (κ3) is 3.00. The van der Waals surface area contributed by atoms with E-state index in [4.69, 9.17) is 9.47 Å². The number of carbonyl (C=O) groups is 1. The van der Waals surface area contributed by atoms with Crippen molar-refractivity contribution in [3.8, 4) is 5.88 Å². The Morgan fingerprint density at radius 1 is 1.24 bits per heavy atom. The van der Waals surface area contributed by atoms with Crippen LogP contribution in [0, 0.1) is 0 Å². The number of hydrogen-bond donors (Lipinski definition) is 0. The minimum atomic E-state index is -0.0536. The lowest BCUT2D eigenvalue weighted by molar-refractivity contribution is 0.0296. The van der Waals surface area contributed by atoms with E-state index in [0.717, 1.165) is 6.54 Å². The van der Waals surface area contributed by atoms with Crippen LogP contribution in [0.5, 0.6) is 5.88 Å². The van der Waals surface area contributed by atoms with Crippen LogP contribution in [0.1, 0.15) is 10.4 Å². The van der Waals surface area contributed by atoms with Crippen molar-refractivity contribution >= 4 is 11.9 Å². The molecule has 2 aliphatic rings. The van der Waals surface area contributed by atoms with E-state index in [2.05, 4.69) is 19.9 Å². The third-order valence-corrected chi connectivity index (χ3v) is 4.59. The van der Waals surface area contributed by atoms with Crippen molar-refractivity contribution < 1.29 is 14.3 Å². The van der Waals surface area contributed by atoms with Crippen LogP contribution in [-0.4, -0.2) is 71.3 Å². The fraction of sp³-hybridized carbons (Fsp3) is 0.412. The maximum Gasteiger partial charge on any atom is 0.255 e. The molecule has 2 atom stereocenters. The highest BCUT2D eigenvalue weighted by molar-refractivity contribution is 5.94. The monoisotopic (exact) mass is 341 g/mol. The van der Waals surface area contributed by atoms with Crippen LogP contribution in [0.15, 0.2) is 36.8 Å². The average molecular weight is 341 g/mol. The Balaban J connectivity index is 1.51. The summed E-state index contributed by atoms with van der Waals surface area (Å²) in [7, 11) is 1.55. The summed E-state index contributed by atoms with van der Waals surface area (Å²) in [6, 6.07) is 5.28. The number of likely N-dealkylation sites (tertiary alicyclic amines) is 1. The molecule has 2 aliphatic heterocycles. The lowest BCUT2D eigenvalue weighted by Crippen LogP contribution is -2.51. The summed E-state index contributed by atoms with van der Waals surface area (Å²) in [6.07, 6.45) is 4.97. The SMILES string of the molecule is COc1ccc(C(=O)N2C[C@@H]3OCCN(c4ncccn4)[C@H]3C2)cn1. The lowest BCUT2D eigenvalue weighted by atomic mass is 10.1.